The fourth-order valence-electron chi connectivity index (χ4n) is 7.34. The second-order valence-electron chi connectivity index (χ2n) is 14.5. The summed E-state index contributed by atoms with van der Waals surface area (Å²) in [7, 11) is 0. The molecule has 0 bridgehead atoms. The van der Waals surface area contributed by atoms with Crippen molar-refractivity contribution in [3.8, 4) is 22.5 Å². The summed E-state index contributed by atoms with van der Waals surface area (Å²) in [6.45, 7) is 9.48. The van der Waals surface area contributed by atoms with Gasteiger partial charge in [-0.15, -0.1) is 0 Å². The number of aliphatic imine (C=N–C) groups is 2. The molecule has 6 aromatic rings. The number of fused-ring (bicyclic) bond motifs is 2. The Morgan fingerprint density at radius 2 is 1.00 bits per heavy atom. The van der Waals surface area contributed by atoms with Gasteiger partial charge in [0.1, 0.15) is 13.3 Å². The van der Waals surface area contributed by atoms with E-state index in [9.17, 15) is 9.59 Å². The van der Waals surface area contributed by atoms with Gasteiger partial charge < -0.3 is 47.7 Å². The number of hydrogen-bond donors (Lipinski definition) is 4. The third-order valence-corrected chi connectivity index (χ3v) is 10.9. The van der Waals surface area contributed by atoms with E-state index < -0.39 is 0 Å². The van der Waals surface area contributed by atoms with Gasteiger partial charge in [-0.3, -0.25) is 19.4 Å². The molecule has 2 aromatic heterocycles. The van der Waals surface area contributed by atoms with Crippen molar-refractivity contribution in [2.75, 3.05) is 82.0 Å². The molecule has 2 fully saturated rings. The molecule has 0 amide bonds. The first-order valence-corrected chi connectivity index (χ1v) is 20.7. The maximum absolute atomic E-state index is 10.4. The molecular formula is C43H47Cl2LiN14O5. The van der Waals surface area contributed by atoms with Crippen LogP contribution in [0.5, 0.6) is 0 Å². The van der Waals surface area contributed by atoms with Crippen molar-refractivity contribution < 1.29 is 43.4 Å². The van der Waals surface area contributed by atoms with Gasteiger partial charge in [0.2, 0.25) is 0 Å². The SMILES string of the molecule is NC(N)=Nc1nc(-c2ccc(N3CCN(CCOC=O)CC3)cc2)c2cc(Cl)ccc2n1.NC(N)=Nc1nc(-c2ccc(N3CCN(COC=O)CC3)cc2)c2cc(Cl)ccc2n1.[Li+].[OH-]. The monoisotopic (exact) mass is 916 g/mol. The Kier molecular flexibility index (Phi) is 18.0. The van der Waals surface area contributed by atoms with Crippen LogP contribution >= 0.6 is 23.2 Å². The van der Waals surface area contributed by atoms with Gasteiger partial charge in [0.25, 0.3) is 24.8 Å². The minimum Gasteiger partial charge on any atom is -0.870 e. The van der Waals surface area contributed by atoms with E-state index in [-0.39, 0.29) is 48.2 Å². The number of carbonyl (C=O) groups is 2. The summed E-state index contributed by atoms with van der Waals surface area (Å²) in [5.74, 6) is 0.194. The topological polar surface area (TPSA) is 276 Å². The van der Waals surface area contributed by atoms with E-state index in [0.717, 1.165) is 92.2 Å². The van der Waals surface area contributed by atoms with E-state index in [1.165, 1.54) is 0 Å². The van der Waals surface area contributed by atoms with Crippen molar-refractivity contribution in [2.45, 2.75) is 0 Å². The van der Waals surface area contributed by atoms with Crippen LogP contribution in [0.15, 0.2) is 94.9 Å². The smallest absolute Gasteiger partial charge is 0.870 e. The van der Waals surface area contributed by atoms with E-state index in [2.05, 4.69) is 73.8 Å². The van der Waals surface area contributed by atoms with Gasteiger partial charge in [0.15, 0.2) is 11.9 Å². The predicted molar refractivity (Wildman–Crippen MR) is 249 cm³/mol. The Balaban J connectivity index is 0.000000237. The molecule has 0 radical (unpaired) electrons. The van der Waals surface area contributed by atoms with Crippen LogP contribution < -0.4 is 51.6 Å². The van der Waals surface area contributed by atoms with Crippen LogP contribution in [-0.2, 0) is 19.1 Å². The van der Waals surface area contributed by atoms with Gasteiger partial charge in [-0.1, -0.05) is 47.5 Å². The molecule has 2 saturated heterocycles. The van der Waals surface area contributed by atoms with Crippen LogP contribution in [0.1, 0.15) is 0 Å². The van der Waals surface area contributed by atoms with Gasteiger partial charge in [-0.05, 0) is 60.7 Å². The quantitative estimate of drug-likeness (QED) is 0.0415. The first-order chi connectivity index (χ1) is 30.6. The van der Waals surface area contributed by atoms with Crippen LogP contribution in [0.4, 0.5) is 23.3 Å². The number of guanidine groups is 2. The number of nitrogens with zero attached hydrogens (tertiary/aromatic N) is 10. The maximum atomic E-state index is 10.4. The summed E-state index contributed by atoms with van der Waals surface area (Å²) in [5.41, 5.74) is 29.0. The minimum atomic E-state index is -0.104. The molecule has 22 heteroatoms. The Hall–Kier alpha value is -6.30. The molecule has 0 aliphatic carbocycles. The van der Waals surface area contributed by atoms with Crippen molar-refractivity contribution >= 4 is 93.1 Å². The van der Waals surface area contributed by atoms with Gasteiger partial charge in [0, 0.05) is 102 Å². The number of aromatic nitrogens is 4. The number of halogens is 2. The van der Waals surface area contributed by atoms with E-state index >= 15 is 0 Å². The third-order valence-electron chi connectivity index (χ3n) is 10.4. The van der Waals surface area contributed by atoms with Crippen molar-refractivity contribution in [2.24, 2.45) is 32.9 Å². The molecule has 0 atom stereocenters. The molecule has 0 unspecified atom stereocenters. The fourth-order valence-corrected chi connectivity index (χ4v) is 7.68. The third kappa shape index (κ3) is 13.1. The first kappa shape index (κ1) is 49.7. The normalized spacial score (nSPS) is 13.9. The molecule has 65 heavy (non-hydrogen) atoms. The molecule has 2 aliphatic heterocycles. The molecule has 0 spiro atoms. The van der Waals surface area contributed by atoms with Crippen molar-refractivity contribution in [3.63, 3.8) is 0 Å². The van der Waals surface area contributed by atoms with Crippen molar-refractivity contribution in [1.82, 2.24) is 29.7 Å². The Bertz CT molecular complexity index is 2600. The van der Waals surface area contributed by atoms with Crippen molar-refractivity contribution in [1.29, 1.82) is 0 Å². The number of hydrogen-bond acceptors (Lipinski definition) is 15. The van der Waals surface area contributed by atoms with Crippen LogP contribution in [0, 0.1) is 0 Å². The number of benzene rings is 4. The molecular weight excluding hydrogens is 870 g/mol. The molecule has 2 aliphatic rings. The van der Waals surface area contributed by atoms with Crippen LogP contribution in [0.2, 0.25) is 10.0 Å². The number of carbonyl (C=O) groups excluding carboxylic acids is 2. The average Bonchev–Trinajstić information content (AvgIpc) is 3.28. The van der Waals surface area contributed by atoms with Crippen molar-refractivity contribution in [3.05, 3.63) is 95.0 Å². The Labute approximate surface area is 396 Å². The standard InChI is InChI=1S/C22H24ClN7O2.C21H22ClN7O2.Li.H2O/c23-16-3-6-19-18(13-16)20(27-22(26-19)28-21(24)25)15-1-4-17(5-2-15)30-9-7-29(8-10-30)11-12-32-14-31;22-15-3-6-18-17(11-15)19(26-21(25-18)27-20(23)24)14-1-4-16(5-2-14)29-9-7-28(8-10-29)12-31-13-30;;/h1-6,13-14H,7-12H2,(H4,24,25,26,27,28);1-6,11,13H,7-10,12H2,(H4,23,24,25,26,27);;1H2/q;;+1;/p-1. The zero-order valence-corrected chi connectivity index (χ0v) is 37.1. The van der Waals surface area contributed by atoms with E-state index in [4.69, 9.17) is 55.6 Å². The Morgan fingerprint density at radius 1 is 0.585 bits per heavy atom. The summed E-state index contributed by atoms with van der Waals surface area (Å²) in [6, 6.07) is 27.2. The van der Waals surface area contributed by atoms with E-state index in [1.807, 2.05) is 48.5 Å². The maximum Gasteiger partial charge on any atom is 1.00 e. The molecule has 4 aromatic carbocycles. The van der Waals surface area contributed by atoms with Crippen LogP contribution in [0.3, 0.4) is 0 Å². The minimum absolute atomic E-state index is 0. The summed E-state index contributed by atoms with van der Waals surface area (Å²) >= 11 is 12.4. The molecule has 8 rings (SSSR count). The summed E-state index contributed by atoms with van der Waals surface area (Å²) < 4.78 is 9.63. The summed E-state index contributed by atoms with van der Waals surface area (Å²) in [6.07, 6.45) is 0. The van der Waals surface area contributed by atoms with Gasteiger partial charge in [-0.2, -0.15) is 9.98 Å². The fraction of sp³-hybridized carbons (Fsp3) is 0.256. The van der Waals surface area contributed by atoms with Gasteiger partial charge in [-0.25, -0.2) is 19.9 Å². The number of ether oxygens (including phenoxy) is 2. The number of nitrogens with two attached hydrogens (primary N) is 4. The number of rotatable bonds is 13. The summed E-state index contributed by atoms with van der Waals surface area (Å²) in [4.78, 5) is 55.6. The van der Waals surface area contributed by atoms with E-state index in [0.29, 0.717) is 58.7 Å². The van der Waals surface area contributed by atoms with Crippen LogP contribution in [0.25, 0.3) is 44.3 Å². The van der Waals surface area contributed by atoms with Crippen LogP contribution in [-0.4, -0.2) is 132 Å². The molecule has 4 heterocycles. The first-order valence-electron chi connectivity index (χ1n) is 20.0. The average molecular weight is 918 g/mol. The predicted octanol–water partition coefficient (Wildman–Crippen LogP) is 1.08. The largest absolute Gasteiger partial charge is 1.00 e. The van der Waals surface area contributed by atoms with E-state index in [1.54, 1.807) is 12.1 Å². The molecule has 9 N–H and O–H groups in total. The van der Waals surface area contributed by atoms with Gasteiger partial charge in [0.05, 0.1) is 22.4 Å². The molecule has 0 saturated carbocycles. The number of piperazine rings is 2. The summed E-state index contributed by atoms with van der Waals surface area (Å²) in [5, 5.41) is 2.84. The molecule has 334 valence electrons. The second kappa shape index (κ2) is 23.6. The van der Waals surface area contributed by atoms with Gasteiger partial charge >= 0.3 is 18.9 Å². The zero-order valence-electron chi connectivity index (χ0n) is 35.6. The zero-order chi connectivity index (χ0) is 44.3. The second-order valence-corrected chi connectivity index (χ2v) is 15.4. The Morgan fingerprint density at radius 3 is 1.40 bits per heavy atom. The molecule has 19 nitrogen and oxygen atoms in total. The number of anilines is 2.